The molecule has 2 aromatic rings. The lowest BCUT2D eigenvalue weighted by Gasteiger charge is -2.21. The van der Waals surface area contributed by atoms with Gasteiger partial charge in [0.2, 0.25) is 5.91 Å². The summed E-state index contributed by atoms with van der Waals surface area (Å²) in [7, 11) is 0. The molecule has 0 radical (unpaired) electrons. The van der Waals surface area contributed by atoms with Gasteiger partial charge in [-0.3, -0.25) is 14.5 Å². The molecule has 1 aromatic carbocycles. The molecule has 3 rings (SSSR count). The number of aliphatic hydroxyl groups is 1. The van der Waals surface area contributed by atoms with Crippen molar-refractivity contribution in [3.8, 4) is 0 Å². The topological polar surface area (TPSA) is 76.6 Å². The minimum absolute atomic E-state index is 0.0400. The number of H-pyrrole nitrogens is 1. The summed E-state index contributed by atoms with van der Waals surface area (Å²) in [5.74, 6) is -0.0400. The lowest BCUT2D eigenvalue weighted by atomic mass is 10.2. The normalized spacial score (nSPS) is 19.5. The maximum absolute atomic E-state index is 12.3. The molecule has 0 saturated carbocycles. The highest BCUT2D eigenvalue weighted by Gasteiger charge is 2.23. The first-order chi connectivity index (χ1) is 11.4. The van der Waals surface area contributed by atoms with Crippen molar-refractivity contribution in [2.45, 2.75) is 19.6 Å². The maximum atomic E-state index is 12.3. The Kier molecular flexibility index (Phi) is 4.89. The number of nitrogens with one attached hydrogen (secondary N) is 1. The number of carbonyl (C=O) groups is 1. The quantitative estimate of drug-likeness (QED) is 0.854. The number of benzene rings is 1. The van der Waals surface area contributed by atoms with Crippen molar-refractivity contribution in [2.24, 2.45) is 0 Å². The van der Waals surface area contributed by atoms with Gasteiger partial charge in [0.15, 0.2) is 5.43 Å². The van der Waals surface area contributed by atoms with Crippen molar-refractivity contribution >= 4 is 28.4 Å². The predicted molar refractivity (Wildman–Crippen MR) is 93.1 cm³/mol. The molecule has 7 heteroatoms. The van der Waals surface area contributed by atoms with Crippen LogP contribution in [0.3, 0.4) is 0 Å². The van der Waals surface area contributed by atoms with Crippen LogP contribution in [0.5, 0.6) is 0 Å². The monoisotopic (exact) mass is 349 g/mol. The van der Waals surface area contributed by atoms with Gasteiger partial charge >= 0.3 is 0 Å². The summed E-state index contributed by atoms with van der Waals surface area (Å²) in [4.78, 5) is 30.7. The number of halogens is 1. The maximum Gasteiger partial charge on any atom is 0.219 e. The van der Waals surface area contributed by atoms with Gasteiger partial charge in [0.1, 0.15) is 0 Å². The molecule has 0 bridgehead atoms. The van der Waals surface area contributed by atoms with E-state index >= 15 is 0 Å². The van der Waals surface area contributed by atoms with Gasteiger partial charge in [-0.15, -0.1) is 0 Å². The number of amides is 1. The number of pyridine rings is 1. The van der Waals surface area contributed by atoms with Gasteiger partial charge in [-0.1, -0.05) is 17.7 Å². The van der Waals surface area contributed by atoms with Gasteiger partial charge in [0, 0.05) is 56.8 Å². The Hall–Kier alpha value is -1.89. The molecule has 1 fully saturated rings. The van der Waals surface area contributed by atoms with Gasteiger partial charge in [0.05, 0.1) is 16.6 Å². The number of aromatic nitrogens is 1. The number of β-amino-alcohol motifs (C(OH)–C–C–N with tert-alkyl or cyclic N) is 1. The lowest BCUT2D eigenvalue weighted by molar-refractivity contribution is -0.129. The summed E-state index contributed by atoms with van der Waals surface area (Å²) >= 11 is 6.18. The number of nitrogens with zero attached hydrogens (tertiary/aromatic N) is 2. The van der Waals surface area contributed by atoms with Crippen LogP contribution in [0.1, 0.15) is 12.6 Å². The Labute approximate surface area is 144 Å². The zero-order valence-electron chi connectivity index (χ0n) is 13.5. The molecule has 1 aromatic heterocycles. The standard InChI is InChI=1S/C17H20ClN3O3/c1-11(22)21-6-5-20(9-13(23)10-21)8-12-7-16(24)14-3-2-4-15(18)17(14)19-12/h2-4,7,13,23H,5-6,8-10H2,1H3,(H,19,24)/t13-/m0/s1. The molecule has 1 saturated heterocycles. The van der Waals surface area contributed by atoms with E-state index in [1.807, 2.05) is 4.90 Å². The van der Waals surface area contributed by atoms with E-state index in [2.05, 4.69) is 4.98 Å². The number of carbonyl (C=O) groups excluding carboxylic acids is 1. The molecule has 1 aliphatic rings. The fourth-order valence-electron chi connectivity index (χ4n) is 3.10. The smallest absolute Gasteiger partial charge is 0.219 e. The number of rotatable bonds is 2. The van der Waals surface area contributed by atoms with Gasteiger partial charge in [0.25, 0.3) is 0 Å². The zero-order valence-corrected chi connectivity index (χ0v) is 14.2. The van der Waals surface area contributed by atoms with Crippen LogP contribution in [-0.2, 0) is 11.3 Å². The first-order valence-corrected chi connectivity index (χ1v) is 8.28. The number of aromatic amines is 1. The molecule has 1 amide bonds. The Morgan fingerprint density at radius 2 is 2.17 bits per heavy atom. The van der Waals surface area contributed by atoms with E-state index < -0.39 is 6.10 Å². The average molecular weight is 350 g/mol. The van der Waals surface area contributed by atoms with Gasteiger partial charge < -0.3 is 15.0 Å². The predicted octanol–water partition coefficient (Wildman–Crippen LogP) is 1.21. The summed E-state index contributed by atoms with van der Waals surface area (Å²) in [6.45, 7) is 3.98. The van der Waals surface area contributed by atoms with Crippen LogP contribution in [0.4, 0.5) is 0 Å². The fourth-order valence-corrected chi connectivity index (χ4v) is 3.32. The molecule has 0 unspecified atom stereocenters. The third-order valence-corrected chi connectivity index (χ3v) is 4.61. The summed E-state index contributed by atoms with van der Waals surface area (Å²) in [5, 5.41) is 11.2. The highest BCUT2D eigenvalue weighted by Crippen LogP contribution is 2.19. The number of para-hydroxylation sites is 1. The Morgan fingerprint density at radius 1 is 1.38 bits per heavy atom. The molecule has 6 nitrogen and oxygen atoms in total. The van der Waals surface area contributed by atoms with Gasteiger partial charge in [-0.05, 0) is 12.1 Å². The van der Waals surface area contributed by atoms with E-state index in [1.54, 1.807) is 29.2 Å². The second-order valence-corrected chi connectivity index (χ2v) is 6.58. The minimum atomic E-state index is -0.604. The van der Waals surface area contributed by atoms with Crippen molar-refractivity contribution in [1.82, 2.24) is 14.8 Å². The van der Waals surface area contributed by atoms with Crippen LogP contribution in [0.25, 0.3) is 10.9 Å². The molecular formula is C17H20ClN3O3. The van der Waals surface area contributed by atoms with Crippen molar-refractivity contribution in [2.75, 3.05) is 26.2 Å². The third kappa shape index (κ3) is 3.61. The van der Waals surface area contributed by atoms with Crippen LogP contribution < -0.4 is 5.43 Å². The molecule has 2 heterocycles. The number of hydrogen-bond acceptors (Lipinski definition) is 4. The number of aliphatic hydroxyl groups excluding tert-OH is 1. The van der Waals surface area contributed by atoms with E-state index in [1.165, 1.54) is 6.92 Å². The summed E-state index contributed by atoms with van der Waals surface area (Å²) in [6, 6.07) is 6.80. The molecular weight excluding hydrogens is 330 g/mol. The first kappa shape index (κ1) is 17.0. The number of fused-ring (bicyclic) bond motifs is 1. The van der Waals surface area contributed by atoms with Crippen LogP contribution in [0.2, 0.25) is 5.02 Å². The largest absolute Gasteiger partial charge is 0.390 e. The van der Waals surface area contributed by atoms with Crippen LogP contribution in [-0.4, -0.2) is 58.1 Å². The second kappa shape index (κ2) is 6.93. The zero-order chi connectivity index (χ0) is 17.3. The van der Waals surface area contributed by atoms with Crippen molar-refractivity contribution in [1.29, 1.82) is 0 Å². The molecule has 0 aliphatic carbocycles. The van der Waals surface area contributed by atoms with E-state index in [4.69, 9.17) is 11.6 Å². The van der Waals surface area contributed by atoms with Crippen LogP contribution >= 0.6 is 11.6 Å². The minimum Gasteiger partial charge on any atom is -0.390 e. The Morgan fingerprint density at radius 3 is 2.92 bits per heavy atom. The summed E-state index contributed by atoms with van der Waals surface area (Å²) in [5.41, 5.74) is 1.29. The van der Waals surface area contributed by atoms with E-state index in [0.29, 0.717) is 48.6 Å². The van der Waals surface area contributed by atoms with Gasteiger partial charge in [-0.2, -0.15) is 0 Å². The van der Waals surface area contributed by atoms with E-state index in [9.17, 15) is 14.7 Å². The fraction of sp³-hybridized carbons (Fsp3) is 0.412. The van der Waals surface area contributed by atoms with Gasteiger partial charge in [-0.25, -0.2) is 0 Å². The lowest BCUT2D eigenvalue weighted by Crippen LogP contribution is -2.36. The van der Waals surface area contributed by atoms with Crippen LogP contribution in [0, 0.1) is 0 Å². The van der Waals surface area contributed by atoms with Crippen molar-refractivity contribution in [3.05, 3.63) is 45.2 Å². The second-order valence-electron chi connectivity index (χ2n) is 6.18. The Bertz CT molecular complexity index is 820. The molecule has 2 N–H and O–H groups in total. The third-order valence-electron chi connectivity index (χ3n) is 4.30. The Balaban J connectivity index is 1.83. The molecule has 128 valence electrons. The number of hydrogen-bond donors (Lipinski definition) is 2. The molecule has 0 spiro atoms. The van der Waals surface area contributed by atoms with E-state index in [-0.39, 0.29) is 11.3 Å². The molecule has 1 atom stereocenters. The SMILES string of the molecule is CC(=O)N1CCN(Cc2cc(=O)c3cccc(Cl)c3[nH]2)C[C@H](O)C1. The average Bonchev–Trinajstić information content (AvgIpc) is 2.70. The van der Waals surface area contributed by atoms with Crippen molar-refractivity contribution in [3.63, 3.8) is 0 Å². The summed E-state index contributed by atoms with van der Waals surface area (Å²) in [6.07, 6.45) is -0.604. The van der Waals surface area contributed by atoms with Crippen LogP contribution in [0.15, 0.2) is 29.1 Å². The van der Waals surface area contributed by atoms with Crippen molar-refractivity contribution < 1.29 is 9.90 Å². The summed E-state index contributed by atoms with van der Waals surface area (Å²) < 4.78 is 0. The van der Waals surface area contributed by atoms with E-state index in [0.717, 1.165) is 5.69 Å². The first-order valence-electron chi connectivity index (χ1n) is 7.90. The molecule has 1 aliphatic heterocycles. The highest BCUT2D eigenvalue weighted by atomic mass is 35.5. The highest BCUT2D eigenvalue weighted by molar-refractivity contribution is 6.35. The molecule has 24 heavy (non-hydrogen) atoms.